The molecule has 2 aromatic rings. The molecule has 2 rings (SSSR count). The van der Waals surface area contributed by atoms with E-state index in [-0.39, 0.29) is 23.7 Å². The summed E-state index contributed by atoms with van der Waals surface area (Å²) >= 11 is 0. The zero-order chi connectivity index (χ0) is 22.3. The molecule has 2 aromatic carbocycles. The van der Waals surface area contributed by atoms with E-state index in [0.717, 1.165) is 0 Å². The molecule has 162 valence electrons. The molecule has 0 aromatic heterocycles. The summed E-state index contributed by atoms with van der Waals surface area (Å²) in [5.41, 5.74) is 0.680. The number of carbonyl (C=O) groups is 2. The largest absolute Gasteiger partial charge is 0.504 e. The number of Topliss-reactive ketones (excluding diaryl/α,β-unsaturated/α-hetero) is 2. The summed E-state index contributed by atoms with van der Waals surface area (Å²) in [5, 5.41) is 28.3. The second-order valence-electron chi connectivity index (χ2n) is 6.31. The number of benzene rings is 2. The quantitative estimate of drug-likeness (QED) is 0.217. The SMILES string of the molecule is COc1cc(C(=O)C(=O)COCCCc2cc(O)c(O)c(O)c2)cc(OC)c1OC. The van der Waals surface area contributed by atoms with Crippen molar-refractivity contribution < 1.29 is 43.9 Å². The van der Waals surface area contributed by atoms with E-state index in [9.17, 15) is 24.9 Å². The summed E-state index contributed by atoms with van der Waals surface area (Å²) in [6.45, 7) is -0.224. The molecule has 0 radical (unpaired) electrons. The van der Waals surface area contributed by atoms with Gasteiger partial charge in [-0.3, -0.25) is 9.59 Å². The van der Waals surface area contributed by atoms with Gasteiger partial charge in [-0.2, -0.15) is 0 Å². The maximum absolute atomic E-state index is 12.4. The van der Waals surface area contributed by atoms with Crippen LogP contribution >= 0.6 is 0 Å². The molecule has 0 saturated carbocycles. The molecular weight excluding hydrogens is 396 g/mol. The van der Waals surface area contributed by atoms with E-state index < -0.39 is 35.4 Å². The third-order valence-corrected chi connectivity index (χ3v) is 4.30. The van der Waals surface area contributed by atoms with Gasteiger partial charge < -0.3 is 34.3 Å². The van der Waals surface area contributed by atoms with E-state index in [1.165, 1.54) is 45.6 Å². The molecule has 0 aliphatic carbocycles. The van der Waals surface area contributed by atoms with Gasteiger partial charge in [0.05, 0.1) is 21.3 Å². The molecule has 9 heteroatoms. The molecule has 0 aliphatic heterocycles. The van der Waals surface area contributed by atoms with Gasteiger partial charge in [0.1, 0.15) is 6.61 Å². The first-order valence-corrected chi connectivity index (χ1v) is 9.01. The predicted octanol–water partition coefficient (Wildman–Crippen LogP) is 2.23. The van der Waals surface area contributed by atoms with Gasteiger partial charge in [-0.1, -0.05) is 0 Å². The van der Waals surface area contributed by atoms with Crippen molar-refractivity contribution in [3.05, 3.63) is 35.4 Å². The van der Waals surface area contributed by atoms with E-state index in [4.69, 9.17) is 18.9 Å². The van der Waals surface area contributed by atoms with Gasteiger partial charge >= 0.3 is 0 Å². The summed E-state index contributed by atoms with van der Waals surface area (Å²) in [5.74, 6) is -2.07. The number of phenols is 3. The Morgan fingerprint density at radius 1 is 0.867 bits per heavy atom. The number of carbonyl (C=O) groups excluding carboxylic acids is 2. The molecule has 30 heavy (non-hydrogen) atoms. The number of hydrogen-bond donors (Lipinski definition) is 3. The number of aryl methyl sites for hydroxylation is 1. The topological polar surface area (TPSA) is 132 Å². The van der Waals surface area contributed by atoms with Crippen LogP contribution in [-0.2, 0) is 16.0 Å². The number of ether oxygens (including phenoxy) is 4. The molecule has 0 atom stereocenters. The Balaban J connectivity index is 1.90. The predicted molar refractivity (Wildman–Crippen MR) is 106 cm³/mol. The lowest BCUT2D eigenvalue weighted by Crippen LogP contribution is -2.20. The first-order chi connectivity index (χ1) is 14.3. The van der Waals surface area contributed by atoms with Crippen molar-refractivity contribution in [2.75, 3.05) is 34.5 Å². The Morgan fingerprint density at radius 3 is 1.93 bits per heavy atom. The highest BCUT2D eigenvalue weighted by Gasteiger charge is 2.21. The molecule has 0 saturated heterocycles. The third kappa shape index (κ3) is 5.32. The van der Waals surface area contributed by atoms with Crippen LogP contribution in [0.2, 0.25) is 0 Å². The van der Waals surface area contributed by atoms with E-state index in [1.807, 2.05) is 0 Å². The van der Waals surface area contributed by atoms with Gasteiger partial charge in [-0.15, -0.1) is 0 Å². The van der Waals surface area contributed by atoms with Gasteiger partial charge in [-0.25, -0.2) is 0 Å². The lowest BCUT2D eigenvalue weighted by atomic mass is 10.1. The number of hydrogen-bond acceptors (Lipinski definition) is 9. The molecule has 9 nitrogen and oxygen atoms in total. The van der Waals surface area contributed by atoms with Crippen LogP contribution in [0.4, 0.5) is 0 Å². The van der Waals surface area contributed by atoms with Crippen molar-refractivity contribution in [2.45, 2.75) is 12.8 Å². The fourth-order valence-corrected chi connectivity index (χ4v) is 2.79. The van der Waals surface area contributed by atoms with E-state index in [0.29, 0.717) is 24.2 Å². The summed E-state index contributed by atoms with van der Waals surface area (Å²) in [6.07, 6.45) is 0.895. The van der Waals surface area contributed by atoms with Crippen LogP contribution < -0.4 is 14.2 Å². The fourth-order valence-electron chi connectivity index (χ4n) is 2.79. The van der Waals surface area contributed by atoms with Crippen LogP contribution in [0.3, 0.4) is 0 Å². The highest BCUT2D eigenvalue weighted by atomic mass is 16.5. The number of phenolic OH excluding ortho intramolecular Hbond substituents is 3. The molecule has 0 aliphatic rings. The maximum atomic E-state index is 12.4. The minimum atomic E-state index is -0.748. The Hall–Kier alpha value is -3.46. The van der Waals surface area contributed by atoms with Crippen LogP contribution in [0, 0.1) is 0 Å². The Labute approximate surface area is 173 Å². The van der Waals surface area contributed by atoms with Gasteiger partial charge in [-0.05, 0) is 42.7 Å². The van der Waals surface area contributed by atoms with E-state index >= 15 is 0 Å². The van der Waals surface area contributed by atoms with E-state index in [2.05, 4.69) is 0 Å². The van der Waals surface area contributed by atoms with Crippen LogP contribution in [0.15, 0.2) is 24.3 Å². The lowest BCUT2D eigenvalue weighted by Gasteiger charge is -2.13. The molecule has 0 unspecified atom stereocenters. The van der Waals surface area contributed by atoms with Crippen LogP contribution in [0.5, 0.6) is 34.5 Å². The summed E-state index contributed by atoms with van der Waals surface area (Å²) in [7, 11) is 4.25. The Kier molecular flexibility index (Phi) is 7.88. The van der Waals surface area contributed by atoms with Crippen LogP contribution in [-0.4, -0.2) is 61.4 Å². The second kappa shape index (κ2) is 10.4. The molecule has 0 bridgehead atoms. The molecule has 0 heterocycles. The highest BCUT2D eigenvalue weighted by molar-refractivity contribution is 6.44. The molecule has 0 spiro atoms. The van der Waals surface area contributed by atoms with Gasteiger partial charge in [0.25, 0.3) is 0 Å². The first-order valence-electron chi connectivity index (χ1n) is 9.01. The molecule has 0 fully saturated rings. The molecule has 0 amide bonds. The summed E-state index contributed by atoms with van der Waals surface area (Å²) < 4.78 is 20.8. The monoisotopic (exact) mass is 420 g/mol. The van der Waals surface area contributed by atoms with Crippen LogP contribution in [0.25, 0.3) is 0 Å². The minimum absolute atomic E-state index is 0.0909. The minimum Gasteiger partial charge on any atom is -0.504 e. The summed E-state index contributed by atoms with van der Waals surface area (Å²) in [6, 6.07) is 5.44. The second-order valence-corrected chi connectivity index (χ2v) is 6.31. The number of aromatic hydroxyl groups is 3. The van der Waals surface area contributed by atoms with Gasteiger partial charge in [0.2, 0.25) is 17.3 Å². The van der Waals surface area contributed by atoms with Crippen molar-refractivity contribution in [3.8, 4) is 34.5 Å². The third-order valence-electron chi connectivity index (χ3n) is 4.30. The number of ketones is 2. The van der Waals surface area contributed by atoms with Gasteiger partial charge in [0, 0.05) is 12.2 Å². The molecular formula is C21H24O9. The normalized spacial score (nSPS) is 10.5. The Morgan fingerprint density at radius 2 is 1.43 bits per heavy atom. The lowest BCUT2D eigenvalue weighted by molar-refractivity contribution is -0.119. The Bertz CT molecular complexity index is 873. The van der Waals surface area contributed by atoms with Crippen molar-refractivity contribution in [1.82, 2.24) is 0 Å². The zero-order valence-corrected chi connectivity index (χ0v) is 16.9. The average molecular weight is 420 g/mol. The van der Waals surface area contributed by atoms with Gasteiger partial charge in [0.15, 0.2) is 28.7 Å². The van der Waals surface area contributed by atoms with Crippen molar-refractivity contribution in [1.29, 1.82) is 0 Å². The number of methoxy groups -OCH3 is 3. The standard InChI is InChI=1S/C21H24O9/c1-27-17-9-13(10-18(28-2)21(17)29-3)19(25)16(24)11-30-6-4-5-12-7-14(22)20(26)15(23)8-12/h7-10,22-23,26H,4-6,11H2,1-3H3. The first kappa shape index (κ1) is 22.8. The summed E-state index contributed by atoms with van der Waals surface area (Å²) in [4.78, 5) is 24.6. The zero-order valence-electron chi connectivity index (χ0n) is 16.9. The van der Waals surface area contributed by atoms with Crippen molar-refractivity contribution >= 4 is 11.6 Å². The number of rotatable bonds is 11. The van der Waals surface area contributed by atoms with Crippen molar-refractivity contribution in [2.24, 2.45) is 0 Å². The van der Waals surface area contributed by atoms with Crippen LogP contribution in [0.1, 0.15) is 22.3 Å². The van der Waals surface area contributed by atoms with Crippen molar-refractivity contribution in [3.63, 3.8) is 0 Å². The van der Waals surface area contributed by atoms with E-state index in [1.54, 1.807) is 0 Å². The average Bonchev–Trinajstić information content (AvgIpc) is 2.75. The maximum Gasteiger partial charge on any atom is 0.231 e. The smallest absolute Gasteiger partial charge is 0.231 e. The fraction of sp³-hybridized carbons (Fsp3) is 0.333. The highest BCUT2D eigenvalue weighted by Crippen LogP contribution is 2.38. The molecule has 3 N–H and O–H groups in total.